The lowest BCUT2D eigenvalue weighted by atomic mass is 10.2. The number of H-pyrrole nitrogens is 1. The molecular formula is C15H23N3. The molecule has 18 heavy (non-hydrogen) atoms. The Morgan fingerprint density at radius 1 is 1.22 bits per heavy atom. The second-order valence-corrected chi connectivity index (χ2v) is 4.91. The van der Waals surface area contributed by atoms with Gasteiger partial charge < -0.3 is 10.3 Å². The van der Waals surface area contributed by atoms with Gasteiger partial charge in [-0.2, -0.15) is 0 Å². The van der Waals surface area contributed by atoms with Gasteiger partial charge in [0, 0.05) is 13.0 Å². The molecule has 3 heteroatoms. The van der Waals surface area contributed by atoms with E-state index < -0.39 is 0 Å². The monoisotopic (exact) mass is 245 g/mol. The molecule has 2 rings (SSSR count). The summed E-state index contributed by atoms with van der Waals surface area (Å²) in [5, 5.41) is 3.46. The van der Waals surface area contributed by atoms with Crippen LogP contribution >= 0.6 is 0 Å². The van der Waals surface area contributed by atoms with Gasteiger partial charge in [-0.25, -0.2) is 4.98 Å². The van der Waals surface area contributed by atoms with Gasteiger partial charge in [0.25, 0.3) is 0 Å². The lowest BCUT2D eigenvalue weighted by Crippen LogP contribution is -2.18. The lowest BCUT2D eigenvalue weighted by molar-refractivity contribution is 0.612. The lowest BCUT2D eigenvalue weighted by Gasteiger charge is -2.01. The Balaban J connectivity index is 1.81. The van der Waals surface area contributed by atoms with Crippen molar-refractivity contribution in [3.8, 4) is 0 Å². The van der Waals surface area contributed by atoms with Gasteiger partial charge in [-0.05, 0) is 37.6 Å². The summed E-state index contributed by atoms with van der Waals surface area (Å²) in [5.74, 6) is 1.08. The van der Waals surface area contributed by atoms with E-state index in [1.807, 2.05) is 0 Å². The highest BCUT2D eigenvalue weighted by molar-refractivity contribution is 5.75. The van der Waals surface area contributed by atoms with Crippen LogP contribution in [0, 0.1) is 6.92 Å². The quantitative estimate of drug-likeness (QED) is 0.735. The van der Waals surface area contributed by atoms with Gasteiger partial charge in [0.2, 0.25) is 0 Å². The molecule has 2 aromatic rings. The minimum absolute atomic E-state index is 0.972. The highest BCUT2D eigenvalue weighted by atomic mass is 14.9. The van der Waals surface area contributed by atoms with Crippen LogP contribution in [-0.4, -0.2) is 23.1 Å². The molecule has 0 unspecified atom stereocenters. The molecular weight excluding hydrogens is 222 g/mol. The van der Waals surface area contributed by atoms with Crippen molar-refractivity contribution in [3.63, 3.8) is 0 Å². The largest absolute Gasteiger partial charge is 0.342 e. The van der Waals surface area contributed by atoms with E-state index in [-0.39, 0.29) is 0 Å². The fraction of sp³-hybridized carbons (Fsp3) is 0.533. The second kappa shape index (κ2) is 6.55. The van der Waals surface area contributed by atoms with Crippen LogP contribution in [0.4, 0.5) is 0 Å². The zero-order chi connectivity index (χ0) is 12.8. The van der Waals surface area contributed by atoms with Crippen LogP contribution in [0.5, 0.6) is 0 Å². The van der Waals surface area contributed by atoms with Crippen molar-refractivity contribution in [3.05, 3.63) is 29.6 Å². The first kappa shape index (κ1) is 13.1. The van der Waals surface area contributed by atoms with Crippen LogP contribution in [0.2, 0.25) is 0 Å². The topological polar surface area (TPSA) is 40.7 Å². The predicted octanol–water partition coefficient (Wildman–Crippen LogP) is 3.19. The zero-order valence-corrected chi connectivity index (χ0v) is 11.4. The molecule has 1 heterocycles. The van der Waals surface area contributed by atoms with Gasteiger partial charge in [-0.15, -0.1) is 0 Å². The first-order valence-corrected chi connectivity index (χ1v) is 6.95. The highest BCUT2D eigenvalue weighted by Crippen LogP contribution is 2.13. The number of nitrogens with zero attached hydrogens (tertiary/aromatic N) is 1. The van der Waals surface area contributed by atoms with E-state index in [0.717, 1.165) is 36.4 Å². The molecule has 0 saturated carbocycles. The molecule has 0 aliphatic carbocycles. The number of imidazole rings is 1. The SMILES string of the molecule is CCCCCNCCc1nc2ccc(C)cc2[nH]1. The van der Waals surface area contributed by atoms with Crippen molar-refractivity contribution in [2.75, 3.05) is 13.1 Å². The summed E-state index contributed by atoms with van der Waals surface area (Å²) in [6.45, 7) is 6.46. The number of hydrogen-bond acceptors (Lipinski definition) is 2. The molecule has 0 amide bonds. The Morgan fingerprint density at radius 2 is 2.11 bits per heavy atom. The van der Waals surface area contributed by atoms with Gasteiger partial charge in [0.05, 0.1) is 11.0 Å². The Kier molecular flexibility index (Phi) is 4.76. The Bertz CT molecular complexity index is 487. The molecule has 0 radical (unpaired) electrons. The molecule has 98 valence electrons. The summed E-state index contributed by atoms with van der Waals surface area (Å²) in [6, 6.07) is 6.34. The molecule has 0 bridgehead atoms. The highest BCUT2D eigenvalue weighted by Gasteiger charge is 2.02. The fourth-order valence-electron chi connectivity index (χ4n) is 2.13. The van der Waals surface area contributed by atoms with E-state index in [9.17, 15) is 0 Å². The van der Waals surface area contributed by atoms with Crippen molar-refractivity contribution >= 4 is 11.0 Å². The van der Waals surface area contributed by atoms with Crippen LogP contribution in [0.15, 0.2) is 18.2 Å². The molecule has 1 aromatic carbocycles. The van der Waals surface area contributed by atoms with Crippen molar-refractivity contribution in [1.82, 2.24) is 15.3 Å². The minimum atomic E-state index is 0.972. The minimum Gasteiger partial charge on any atom is -0.342 e. The zero-order valence-electron chi connectivity index (χ0n) is 11.4. The van der Waals surface area contributed by atoms with Crippen molar-refractivity contribution in [2.45, 2.75) is 39.5 Å². The first-order chi connectivity index (χ1) is 8.79. The predicted molar refractivity (Wildman–Crippen MR) is 76.9 cm³/mol. The Hall–Kier alpha value is -1.35. The van der Waals surface area contributed by atoms with Gasteiger partial charge >= 0.3 is 0 Å². The van der Waals surface area contributed by atoms with Crippen LogP contribution in [0.25, 0.3) is 11.0 Å². The maximum Gasteiger partial charge on any atom is 0.108 e. The third-order valence-corrected chi connectivity index (χ3v) is 3.18. The summed E-state index contributed by atoms with van der Waals surface area (Å²) >= 11 is 0. The van der Waals surface area contributed by atoms with Crippen LogP contribution in [0.3, 0.4) is 0 Å². The third kappa shape index (κ3) is 3.57. The average molecular weight is 245 g/mol. The van der Waals surface area contributed by atoms with Gasteiger partial charge in [-0.1, -0.05) is 25.8 Å². The van der Waals surface area contributed by atoms with E-state index in [2.05, 4.69) is 47.3 Å². The number of benzene rings is 1. The maximum atomic E-state index is 4.59. The summed E-state index contributed by atoms with van der Waals surface area (Å²) in [4.78, 5) is 7.98. The Labute approximate surface area is 109 Å². The number of aryl methyl sites for hydroxylation is 1. The molecule has 0 spiro atoms. The smallest absolute Gasteiger partial charge is 0.108 e. The number of aromatic nitrogens is 2. The van der Waals surface area contributed by atoms with Crippen molar-refractivity contribution in [1.29, 1.82) is 0 Å². The molecule has 2 N–H and O–H groups in total. The van der Waals surface area contributed by atoms with E-state index in [1.54, 1.807) is 0 Å². The molecule has 0 atom stereocenters. The fourth-order valence-corrected chi connectivity index (χ4v) is 2.13. The normalized spacial score (nSPS) is 11.2. The Morgan fingerprint density at radius 3 is 2.94 bits per heavy atom. The van der Waals surface area contributed by atoms with E-state index >= 15 is 0 Å². The number of hydrogen-bond donors (Lipinski definition) is 2. The number of fused-ring (bicyclic) bond motifs is 1. The van der Waals surface area contributed by atoms with Crippen LogP contribution < -0.4 is 5.32 Å². The standard InChI is InChI=1S/C15H23N3/c1-3-4-5-9-16-10-8-15-17-13-7-6-12(2)11-14(13)18-15/h6-7,11,16H,3-5,8-10H2,1-2H3,(H,17,18). The van der Waals surface area contributed by atoms with E-state index in [4.69, 9.17) is 0 Å². The van der Waals surface area contributed by atoms with Crippen LogP contribution in [0.1, 0.15) is 37.6 Å². The second-order valence-electron chi connectivity index (χ2n) is 4.91. The van der Waals surface area contributed by atoms with Gasteiger partial charge in [0.15, 0.2) is 0 Å². The third-order valence-electron chi connectivity index (χ3n) is 3.18. The van der Waals surface area contributed by atoms with Gasteiger partial charge in [-0.3, -0.25) is 0 Å². The first-order valence-electron chi connectivity index (χ1n) is 6.95. The van der Waals surface area contributed by atoms with E-state index in [0.29, 0.717) is 0 Å². The number of unbranched alkanes of at least 4 members (excludes halogenated alkanes) is 2. The number of rotatable bonds is 7. The van der Waals surface area contributed by atoms with Gasteiger partial charge in [0.1, 0.15) is 5.82 Å². The van der Waals surface area contributed by atoms with E-state index in [1.165, 1.54) is 24.8 Å². The van der Waals surface area contributed by atoms with Crippen molar-refractivity contribution in [2.24, 2.45) is 0 Å². The molecule has 3 nitrogen and oxygen atoms in total. The molecule has 0 aliphatic heterocycles. The van der Waals surface area contributed by atoms with Crippen molar-refractivity contribution < 1.29 is 0 Å². The molecule has 0 saturated heterocycles. The molecule has 1 aromatic heterocycles. The maximum absolute atomic E-state index is 4.59. The average Bonchev–Trinajstić information content (AvgIpc) is 2.75. The number of aromatic amines is 1. The summed E-state index contributed by atoms with van der Waals surface area (Å²) in [6.07, 6.45) is 4.84. The summed E-state index contributed by atoms with van der Waals surface area (Å²) in [5.41, 5.74) is 3.49. The summed E-state index contributed by atoms with van der Waals surface area (Å²) in [7, 11) is 0. The number of nitrogens with one attached hydrogen (secondary N) is 2. The molecule has 0 aliphatic rings. The summed E-state index contributed by atoms with van der Waals surface area (Å²) < 4.78 is 0. The molecule has 0 fully saturated rings. The van der Waals surface area contributed by atoms with Crippen LogP contribution in [-0.2, 0) is 6.42 Å².